The summed E-state index contributed by atoms with van der Waals surface area (Å²) >= 11 is 6.36. The molecule has 0 radical (unpaired) electrons. The smallest absolute Gasteiger partial charge is 0.381 e. The number of hydrogen-bond acceptors (Lipinski definition) is 1. The molecule has 0 saturated heterocycles. The van der Waals surface area contributed by atoms with Crippen molar-refractivity contribution in [2.45, 2.75) is 19.6 Å². The summed E-state index contributed by atoms with van der Waals surface area (Å²) in [6.07, 6.45) is -4.37. The topological polar surface area (TPSA) is 12.0 Å². The highest BCUT2D eigenvalue weighted by Crippen LogP contribution is 2.36. The maximum Gasteiger partial charge on any atom is 0.417 e. The van der Waals surface area contributed by atoms with Crippen LogP contribution in [0.3, 0.4) is 0 Å². The Hall–Kier alpha value is -1.01. The van der Waals surface area contributed by atoms with E-state index in [0.717, 1.165) is 21.7 Å². The predicted molar refractivity (Wildman–Crippen MR) is 85.3 cm³/mol. The molecule has 112 valence electrons. The zero-order chi connectivity index (χ0) is 15.6. The van der Waals surface area contributed by atoms with Crippen molar-refractivity contribution in [3.05, 3.63) is 62.0 Å². The van der Waals surface area contributed by atoms with E-state index in [1.165, 1.54) is 6.07 Å². The second-order valence-corrected chi connectivity index (χ2v) is 6.34. The van der Waals surface area contributed by atoms with E-state index in [1.807, 2.05) is 25.1 Å². The van der Waals surface area contributed by atoms with Gasteiger partial charge >= 0.3 is 6.18 Å². The van der Waals surface area contributed by atoms with Crippen molar-refractivity contribution in [1.82, 2.24) is 0 Å². The van der Waals surface area contributed by atoms with Crippen LogP contribution in [0.5, 0.6) is 0 Å². The standard InChI is InChI=1S/C15H12Br2F3N/c1-9-2-3-10(6-14(9)17)8-21-11-4-5-13(16)12(7-11)15(18,19)20/h2-7,21H,8H2,1H3. The van der Waals surface area contributed by atoms with Gasteiger partial charge in [-0.2, -0.15) is 13.2 Å². The molecule has 0 fully saturated rings. The maximum absolute atomic E-state index is 12.8. The average molecular weight is 423 g/mol. The lowest BCUT2D eigenvalue weighted by Gasteiger charge is -2.13. The first-order valence-electron chi connectivity index (χ1n) is 6.13. The monoisotopic (exact) mass is 421 g/mol. The molecular weight excluding hydrogens is 411 g/mol. The molecular formula is C15H12Br2F3N. The minimum Gasteiger partial charge on any atom is -0.381 e. The molecule has 2 rings (SSSR count). The van der Waals surface area contributed by atoms with Crippen LogP contribution in [0.15, 0.2) is 45.3 Å². The number of halogens is 5. The summed E-state index contributed by atoms with van der Waals surface area (Å²) in [4.78, 5) is 0. The van der Waals surface area contributed by atoms with Crippen molar-refractivity contribution in [3.63, 3.8) is 0 Å². The lowest BCUT2D eigenvalue weighted by molar-refractivity contribution is -0.138. The van der Waals surface area contributed by atoms with Crippen molar-refractivity contribution >= 4 is 37.5 Å². The lowest BCUT2D eigenvalue weighted by Crippen LogP contribution is -2.07. The van der Waals surface area contributed by atoms with E-state index in [-0.39, 0.29) is 4.47 Å². The number of nitrogens with one attached hydrogen (secondary N) is 1. The summed E-state index contributed by atoms with van der Waals surface area (Å²) in [6.45, 7) is 2.43. The first kappa shape index (κ1) is 16.4. The molecule has 0 aliphatic rings. The quantitative estimate of drug-likeness (QED) is 0.625. The second kappa shape index (κ2) is 6.40. The summed E-state index contributed by atoms with van der Waals surface area (Å²) in [6, 6.07) is 9.97. The zero-order valence-corrected chi connectivity index (χ0v) is 14.2. The molecule has 0 heterocycles. The summed E-state index contributed by atoms with van der Waals surface area (Å²) in [5.74, 6) is 0. The van der Waals surface area contributed by atoms with Crippen LogP contribution < -0.4 is 5.32 Å². The van der Waals surface area contributed by atoms with Gasteiger partial charge in [0.2, 0.25) is 0 Å². The van der Waals surface area contributed by atoms with Gasteiger partial charge in [0.1, 0.15) is 0 Å². The SMILES string of the molecule is Cc1ccc(CNc2ccc(Br)c(C(F)(F)F)c2)cc1Br. The molecule has 21 heavy (non-hydrogen) atoms. The summed E-state index contributed by atoms with van der Waals surface area (Å²) in [7, 11) is 0. The number of benzene rings is 2. The van der Waals surface area contributed by atoms with Gasteiger partial charge in [-0.1, -0.05) is 44.0 Å². The van der Waals surface area contributed by atoms with Crippen LogP contribution >= 0.6 is 31.9 Å². The van der Waals surface area contributed by atoms with E-state index in [4.69, 9.17) is 0 Å². The van der Waals surface area contributed by atoms with E-state index >= 15 is 0 Å². The minimum absolute atomic E-state index is 0.0404. The number of anilines is 1. The maximum atomic E-state index is 12.8. The summed E-state index contributed by atoms with van der Waals surface area (Å²) in [5.41, 5.74) is 1.85. The largest absolute Gasteiger partial charge is 0.417 e. The Bertz CT molecular complexity index is 654. The highest BCUT2D eigenvalue weighted by Gasteiger charge is 2.33. The Morgan fingerprint density at radius 3 is 2.33 bits per heavy atom. The van der Waals surface area contributed by atoms with E-state index in [9.17, 15) is 13.2 Å². The van der Waals surface area contributed by atoms with Gasteiger partial charge in [0, 0.05) is 21.2 Å². The summed E-state index contributed by atoms with van der Waals surface area (Å²) < 4.78 is 39.5. The van der Waals surface area contributed by atoms with Crippen LogP contribution in [0.4, 0.5) is 18.9 Å². The molecule has 1 N–H and O–H groups in total. The average Bonchev–Trinajstić information content (AvgIpc) is 2.40. The molecule has 0 saturated carbocycles. The van der Waals surface area contributed by atoms with Gasteiger partial charge in [-0.05, 0) is 42.3 Å². The molecule has 2 aromatic carbocycles. The van der Waals surface area contributed by atoms with Crippen LogP contribution in [0.1, 0.15) is 16.7 Å². The third-order valence-electron chi connectivity index (χ3n) is 3.00. The van der Waals surface area contributed by atoms with Gasteiger partial charge in [0.15, 0.2) is 0 Å². The van der Waals surface area contributed by atoms with E-state index in [0.29, 0.717) is 12.2 Å². The van der Waals surface area contributed by atoms with Crippen molar-refractivity contribution in [3.8, 4) is 0 Å². The molecule has 2 aromatic rings. The number of aryl methyl sites for hydroxylation is 1. The molecule has 0 atom stereocenters. The fraction of sp³-hybridized carbons (Fsp3) is 0.200. The third kappa shape index (κ3) is 4.23. The fourth-order valence-electron chi connectivity index (χ4n) is 1.80. The van der Waals surface area contributed by atoms with Crippen LogP contribution in [0.2, 0.25) is 0 Å². The lowest BCUT2D eigenvalue weighted by atomic mass is 10.1. The predicted octanol–water partition coefficient (Wildman–Crippen LogP) is 6.15. The molecule has 0 aromatic heterocycles. The molecule has 6 heteroatoms. The van der Waals surface area contributed by atoms with Crippen molar-refractivity contribution < 1.29 is 13.2 Å². The van der Waals surface area contributed by atoms with Crippen LogP contribution in [0.25, 0.3) is 0 Å². The number of rotatable bonds is 3. The highest BCUT2D eigenvalue weighted by molar-refractivity contribution is 9.10. The van der Waals surface area contributed by atoms with Crippen LogP contribution in [0, 0.1) is 6.92 Å². The first-order valence-corrected chi connectivity index (χ1v) is 7.71. The van der Waals surface area contributed by atoms with Gasteiger partial charge in [-0.15, -0.1) is 0 Å². The van der Waals surface area contributed by atoms with Gasteiger partial charge < -0.3 is 5.32 Å². The number of alkyl halides is 3. The molecule has 1 nitrogen and oxygen atoms in total. The third-order valence-corrected chi connectivity index (χ3v) is 4.55. The Morgan fingerprint density at radius 2 is 1.71 bits per heavy atom. The Kier molecular flexibility index (Phi) is 4.99. The minimum atomic E-state index is -4.37. The number of hydrogen-bond donors (Lipinski definition) is 1. The zero-order valence-electron chi connectivity index (χ0n) is 11.1. The van der Waals surface area contributed by atoms with Crippen molar-refractivity contribution in [2.75, 3.05) is 5.32 Å². The van der Waals surface area contributed by atoms with Gasteiger partial charge in [-0.25, -0.2) is 0 Å². The Balaban J connectivity index is 2.15. The Morgan fingerprint density at radius 1 is 1.00 bits per heavy atom. The molecule has 0 aliphatic heterocycles. The molecule has 0 spiro atoms. The normalized spacial score (nSPS) is 11.5. The van der Waals surface area contributed by atoms with Crippen LogP contribution in [-0.2, 0) is 12.7 Å². The fourth-order valence-corrected chi connectivity index (χ4v) is 2.70. The molecule has 0 amide bonds. The molecule has 0 unspecified atom stereocenters. The Labute approximate surface area is 137 Å². The highest BCUT2D eigenvalue weighted by atomic mass is 79.9. The van der Waals surface area contributed by atoms with Crippen molar-refractivity contribution in [2.24, 2.45) is 0 Å². The second-order valence-electron chi connectivity index (χ2n) is 4.63. The summed E-state index contributed by atoms with van der Waals surface area (Å²) in [5, 5.41) is 3.01. The van der Waals surface area contributed by atoms with Gasteiger partial charge in [-0.3, -0.25) is 0 Å². The van der Waals surface area contributed by atoms with Crippen LogP contribution in [-0.4, -0.2) is 0 Å². The molecule has 0 bridgehead atoms. The molecule has 0 aliphatic carbocycles. The van der Waals surface area contributed by atoms with E-state index in [1.54, 1.807) is 6.07 Å². The van der Waals surface area contributed by atoms with Gasteiger partial charge in [0.25, 0.3) is 0 Å². The van der Waals surface area contributed by atoms with Crippen molar-refractivity contribution in [1.29, 1.82) is 0 Å². The first-order chi connectivity index (χ1) is 9.77. The van der Waals surface area contributed by atoms with E-state index in [2.05, 4.69) is 37.2 Å². The van der Waals surface area contributed by atoms with E-state index < -0.39 is 11.7 Å². The van der Waals surface area contributed by atoms with Gasteiger partial charge in [0.05, 0.1) is 5.56 Å².